The van der Waals surface area contributed by atoms with E-state index >= 15 is 0 Å². The molecule has 1 heterocycles. The van der Waals surface area contributed by atoms with Crippen molar-refractivity contribution >= 4 is 29.9 Å². The quantitative estimate of drug-likeness (QED) is 0.412. The van der Waals surface area contributed by atoms with Crippen LogP contribution in [0.25, 0.3) is 0 Å². The zero-order chi connectivity index (χ0) is 17.6. The van der Waals surface area contributed by atoms with Crippen LogP contribution >= 0.6 is 24.0 Å². The van der Waals surface area contributed by atoms with Gasteiger partial charge in [0, 0.05) is 32.7 Å². The van der Waals surface area contributed by atoms with Crippen molar-refractivity contribution in [3.8, 4) is 11.5 Å². The fraction of sp³-hybridized carbons (Fsp3) is 0.350. The van der Waals surface area contributed by atoms with E-state index in [2.05, 4.69) is 39.5 Å². The summed E-state index contributed by atoms with van der Waals surface area (Å²) in [6.45, 7) is 2.55. The van der Waals surface area contributed by atoms with Crippen molar-refractivity contribution < 1.29 is 9.84 Å². The van der Waals surface area contributed by atoms with Gasteiger partial charge < -0.3 is 20.1 Å². The number of aliphatic imine (C=N–C) groups is 1. The lowest BCUT2D eigenvalue weighted by Crippen LogP contribution is -2.44. The molecule has 0 saturated carbocycles. The molecule has 0 amide bonds. The van der Waals surface area contributed by atoms with Gasteiger partial charge in [-0.25, -0.2) is 0 Å². The number of nitrogens with one attached hydrogen (secondary N) is 1. The lowest BCUT2D eigenvalue weighted by Gasteiger charge is -2.31. The van der Waals surface area contributed by atoms with Crippen LogP contribution in [0.2, 0.25) is 0 Å². The standard InChI is InChI=1S/C20H25N3O2.HI/c1-21-20(23-12-10-15-5-3-4-6-17(15)14-23)22-11-9-16-7-8-18(25-2)13-19(16)24;/h3-8,13,24H,9-12,14H2,1-2H3,(H,21,22);1H. The molecule has 0 aromatic heterocycles. The maximum Gasteiger partial charge on any atom is 0.193 e. The van der Waals surface area contributed by atoms with Crippen LogP contribution in [0.3, 0.4) is 0 Å². The van der Waals surface area contributed by atoms with E-state index in [4.69, 9.17) is 4.74 Å². The highest BCUT2D eigenvalue weighted by Crippen LogP contribution is 2.23. The minimum absolute atomic E-state index is 0. The molecule has 5 nitrogen and oxygen atoms in total. The second-order valence-electron chi connectivity index (χ2n) is 6.16. The number of benzene rings is 2. The first-order valence-corrected chi connectivity index (χ1v) is 8.59. The van der Waals surface area contributed by atoms with Gasteiger partial charge in [0.05, 0.1) is 7.11 Å². The Balaban J connectivity index is 0.00000243. The van der Waals surface area contributed by atoms with E-state index in [1.54, 1.807) is 13.2 Å². The summed E-state index contributed by atoms with van der Waals surface area (Å²) in [6, 6.07) is 14.0. The van der Waals surface area contributed by atoms with Gasteiger partial charge in [-0.15, -0.1) is 24.0 Å². The monoisotopic (exact) mass is 467 g/mol. The van der Waals surface area contributed by atoms with E-state index in [1.165, 1.54) is 11.1 Å². The predicted octanol–water partition coefficient (Wildman–Crippen LogP) is 3.20. The molecule has 0 bridgehead atoms. The summed E-state index contributed by atoms with van der Waals surface area (Å²) in [6.07, 6.45) is 1.76. The highest BCUT2D eigenvalue weighted by Gasteiger charge is 2.18. The minimum atomic E-state index is 0. The second-order valence-corrected chi connectivity index (χ2v) is 6.16. The lowest BCUT2D eigenvalue weighted by molar-refractivity contribution is 0.379. The van der Waals surface area contributed by atoms with E-state index < -0.39 is 0 Å². The molecule has 3 rings (SSSR count). The van der Waals surface area contributed by atoms with E-state index in [1.807, 2.05) is 19.2 Å². The predicted molar refractivity (Wildman–Crippen MR) is 116 cm³/mol. The Hall–Kier alpha value is -1.96. The Kier molecular flexibility index (Phi) is 7.56. The first-order chi connectivity index (χ1) is 12.2. The molecule has 0 fully saturated rings. The Morgan fingerprint density at radius 2 is 2.00 bits per heavy atom. The third kappa shape index (κ3) is 4.81. The van der Waals surface area contributed by atoms with Crippen molar-refractivity contribution in [2.45, 2.75) is 19.4 Å². The van der Waals surface area contributed by atoms with Crippen molar-refractivity contribution in [3.63, 3.8) is 0 Å². The van der Waals surface area contributed by atoms with Crippen LogP contribution in [-0.4, -0.2) is 43.2 Å². The third-order valence-electron chi connectivity index (χ3n) is 4.61. The molecular formula is C20H26IN3O2. The Morgan fingerprint density at radius 1 is 1.23 bits per heavy atom. The number of hydrogen-bond acceptors (Lipinski definition) is 3. The van der Waals surface area contributed by atoms with Gasteiger partial charge in [-0.3, -0.25) is 4.99 Å². The molecule has 1 aliphatic heterocycles. The summed E-state index contributed by atoms with van der Waals surface area (Å²) in [7, 11) is 3.41. The first kappa shape index (κ1) is 20.4. The number of guanidine groups is 1. The van der Waals surface area contributed by atoms with Crippen molar-refractivity contribution in [2.75, 3.05) is 27.2 Å². The SMILES string of the molecule is CN=C(NCCc1ccc(OC)cc1O)N1CCc2ccccc2C1.I. The van der Waals surface area contributed by atoms with Gasteiger partial charge in [0.2, 0.25) is 0 Å². The van der Waals surface area contributed by atoms with Gasteiger partial charge in [-0.05, 0) is 35.6 Å². The zero-order valence-electron chi connectivity index (χ0n) is 15.2. The number of hydrogen-bond donors (Lipinski definition) is 2. The molecule has 0 radical (unpaired) electrons. The van der Waals surface area contributed by atoms with Gasteiger partial charge in [-0.2, -0.15) is 0 Å². The first-order valence-electron chi connectivity index (χ1n) is 8.59. The van der Waals surface area contributed by atoms with Gasteiger partial charge in [0.1, 0.15) is 11.5 Å². The second kappa shape index (κ2) is 9.66. The van der Waals surface area contributed by atoms with Crippen LogP contribution < -0.4 is 10.1 Å². The zero-order valence-corrected chi connectivity index (χ0v) is 17.6. The van der Waals surface area contributed by atoms with Crippen molar-refractivity contribution in [3.05, 3.63) is 59.2 Å². The normalized spacial score (nSPS) is 13.6. The number of ether oxygens (including phenoxy) is 1. The summed E-state index contributed by atoms with van der Waals surface area (Å²) in [5.41, 5.74) is 3.69. The molecule has 0 saturated heterocycles. The number of methoxy groups -OCH3 is 1. The van der Waals surface area contributed by atoms with Crippen LogP contribution in [0, 0.1) is 0 Å². The van der Waals surface area contributed by atoms with Crippen LogP contribution in [-0.2, 0) is 19.4 Å². The highest BCUT2D eigenvalue weighted by atomic mass is 127. The summed E-state index contributed by atoms with van der Waals surface area (Å²) in [5.74, 6) is 1.84. The fourth-order valence-electron chi connectivity index (χ4n) is 3.20. The van der Waals surface area contributed by atoms with Gasteiger partial charge in [0.15, 0.2) is 5.96 Å². The summed E-state index contributed by atoms with van der Waals surface area (Å²) < 4.78 is 5.12. The molecule has 140 valence electrons. The van der Waals surface area contributed by atoms with Crippen molar-refractivity contribution in [1.82, 2.24) is 10.2 Å². The molecule has 0 spiro atoms. The molecule has 1 aliphatic rings. The average Bonchev–Trinajstić information content (AvgIpc) is 2.66. The van der Waals surface area contributed by atoms with E-state index in [9.17, 15) is 5.11 Å². The molecule has 6 heteroatoms. The molecular weight excluding hydrogens is 441 g/mol. The third-order valence-corrected chi connectivity index (χ3v) is 4.61. The number of phenolic OH excluding ortho intramolecular Hbond substituents is 1. The Bertz CT molecular complexity index is 764. The van der Waals surface area contributed by atoms with Crippen LogP contribution in [0.1, 0.15) is 16.7 Å². The number of nitrogens with zero attached hydrogens (tertiary/aromatic N) is 2. The number of phenols is 1. The van der Waals surface area contributed by atoms with Crippen LogP contribution in [0.4, 0.5) is 0 Å². The van der Waals surface area contributed by atoms with E-state index in [0.717, 1.165) is 37.5 Å². The van der Waals surface area contributed by atoms with E-state index in [0.29, 0.717) is 12.3 Å². The van der Waals surface area contributed by atoms with Crippen LogP contribution in [0.15, 0.2) is 47.5 Å². The maximum absolute atomic E-state index is 10.1. The van der Waals surface area contributed by atoms with Crippen molar-refractivity contribution in [1.29, 1.82) is 0 Å². The van der Waals surface area contributed by atoms with Crippen LogP contribution in [0.5, 0.6) is 11.5 Å². The molecule has 0 unspecified atom stereocenters. The maximum atomic E-state index is 10.1. The molecule has 0 aliphatic carbocycles. The topological polar surface area (TPSA) is 57.1 Å². The van der Waals surface area contributed by atoms with Gasteiger partial charge in [0.25, 0.3) is 0 Å². The molecule has 26 heavy (non-hydrogen) atoms. The van der Waals surface area contributed by atoms with E-state index in [-0.39, 0.29) is 29.7 Å². The average molecular weight is 467 g/mol. The number of rotatable bonds is 4. The number of aromatic hydroxyl groups is 1. The lowest BCUT2D eigenvalue weighted by atomic mass is 10.0. The molecule has 2 aromatic carbocycles. The Morgan fingerprint density at radius 3 is 2.69 bits per heavy atom. The Labute approximate surface area is 172 Å². The molecule has 2 N–H and O–H groups in total. The van der Waals surface area contributed by atoms with Gasteiger partial charge >= 0.3 is 0 Å². The summed E-state index contributed by atoms with van der Waals surface area (Å²) in [4.78, 5) is 6.69. The minimum Gasteiger partial charge on any atom is -0.508 e. The number of halogens is 1. The summed E-state index contributed by atoms with van der Waals surface area (Å²) >= 11 is 0. The highest BCUT2D eigenvalue weighted by molar-refractivity contribution is 14.0. The molecule has 2 aromatic rings. The van der Waals surface area contributed by atoms with Gasteiger partial charge in [-0.1, -0.05) is 30.3 Å². The van der Waals surface area contributed by atoms with Crippen molar-refractivity contribution in [2.24, 2.45) is 4.99 Å². The number of fused-ring (bicyclic) bond motifs is 1. The smallest absolute Gasteiger partial charge is 0.193 e. The largest absolute Gasteiger partial charge is 0.508 e. The summed E-state index contributed by atoms with van der Waals surface area (Å²) in [5, 5.41) is 13.5. The fourth-order valence-corrected chi connectivity index (χ4v) is 3.20. The molecule has 0 atom stereocenters.